The topological polar surface area (TPSA) is 0 Å². The molecule has 0 N–H and O–H groups in total. The molecule has 0 aromatic rings. The van der Waals surface area contributed by atoms with Crippen molar-refractivity contribution in [3.63, 3.8) is 0 Å². The zero-order valence-corrected chi connectivity index (χ0v) is 9.28. The monoisotopic (exact) mass is 190 g/mol. The highest BCUT2D eigenvalue weighted by atomic mass is 14.4. The molecule has 2 aliphatic carbocycles. The van der Waals surface area contributed by atoms with Gasteiger partial charge in [-0.1, -0.05) is 56.9 Å². The van der Waals surface area contributed by atoms with Crippen LogP contribution >= 0.6 is 0 Å². The lowest BCUT2D eigenvalue weighted by Gasteiger charge is -2.13. The molecule has 1 saturated carbocycles. The van der Waals surface area contributed by atoms with Gasteiger partial charge in [0, 0.05) is 0 Å². The number of fused-ring (bicyclic) bond motifs is 1. The van der Waals surface area contributed by atoms with Crippen molar-refractivity contribution < 1.29 is 0 Å². The van der Waals surface area contributed by atoms with Gasteiger partial charge in [-0.05, 0) is 30.6 Å². The summed E-state index contributed by atoms with van der Waals surface area (Å²) >= 11 is 0. The van der Waals surface area contributed by atoms with Gasteiger partial charge in [-0.25, -0.2) is 0 Å². The highest BCUT2D eigenvalue weighted by Crippen LogP contribution is 2.41. The van der Waals surface area contributed by atoms with E-state index < -0.39 is 0 Å². The Kier molecular flexibility index (Phi) is 3.44. The lowest BCUT2D eigenvalue weighted by Crippen LogP contribution is -2.03. The molecule has 0 aliphatic heterocycles. The van der Waals surface area contributed by atoms with Gasteiger partial charge in [0.2, 0.25) is 0 Å². The molecule has 0 radical (unpaired) electrons. The lowest BCUT2D eigenvalue weighted by atomic mass is 9.92. The fraction of sp³-hybridized carbons (Fsp3) is 0.714. The molecule has 78 valence electrons. The average molecular weight is 190 g/mol. The fourth-order valence-corrected chi connectivity index (χ4v) is 2.99. The standard InChI is InChI=1S/C14H22/c1-2-3-4-7-12-10-13-8-5-6-9-14(13)11-12/h5-6,8-9,12-14H,2-4,7,10-11H2,1H3. The number of rotatable bonds is 4. The maximum Gasteiger partial charge on any atom is -0.0165 e. The van der Waals surface area contributed by atoms with Crippen LogP contribution in [0.5, 0.6) is 0 Å². The SMILES string of the molecule is CCCCCC1CC2C=CC=CC2C1. The van der Waals surface area contributed by atoms with Gasteiger partial charge < -0.3 is 0 Å². The van der Waals surface area contributed by atoms with Crippen LogP contribution in [-0.2, 0) is 0 Å². The van der Waals surface area contributed by atoms with Gasteiger partial charge in [-0.3, -0.25) is 0 Å². The molecule has 0 nitrogen and oxygen atoms in total. The molecule has 0 aromatic carbocycles. The minimum Gasteiger partial charge on any atom is -0.0808 e. The van der Waals surface area contributed by atoms with E-state index in [1.807, 2.05) is 0 Å². The summed E-state index contributed by atoms with van der Waals surface area (Å²) in [6.45, 7) is 2.29. The smallest absolute Gasteiger partial charge is 0.0165 e. The molecule has 0 heteroatoms. The van der Waals surface area contributed by atoms with Crippen LogP contribution in [0, 0.1) is 17.8 Å². The maximum absolute atomic E-state index is 2.42. The Labute approximate surface area is 88.1 Å². The van der Waals surface area contributed by atoms with Gasteiger partial charge in [0.1, 0.15) is 0 Å². The molecule has 2 aliphatic rings. The largest absolute Gasteiger partial charge is 0.0808 e. The van der Waals surface area contributed by atoms with E-state index in [1.54, 1.807) is 0 Å². The Morgan fingerprint density at radius 3 is 2.21 bits per heavy atom. The second-order valence-electron chi connectivity index (χ2n) is 4.93. The van der Waals surface area contributed by atoms with Gasteiger partial charge in [-0.15, -0.1) is 0 Å². The molecular formula is C14H22. The highest BCUT2D eigenvalue weighted by molar-refractivity contribution is 5.16. The van der Waals surface area contributed by atoms with Gasteiger partial charge in [0.15, 0.2) is 0 Å². The molecule has 0 amide bonds. The predicted octanol–water partition coefficient (Wildman–Crippen LogP) is 4.34. The highest BCUT2D eigenvalue weighted by Gasteiger charge is 2.31. The normalized spacial score (nSPS) is 34.8. The quantitative estimate of drug-likeness (QED) is 0.579. The van der Waals surface area contributed by atoms with Gasteiger partial charge >= 0.3 is 0 Å². The van der Waals surface area contributed by atoms with Crippen LogP contribution in [-0.4, -0.2) is 0 Å². The number of unbranched alkanes of at least 4 members (excludes halogenated alkanes) is 2. The van der Waals surface area contributed by atoms with Crippen molar-refractivity contribution in [1.29, 1.82) is 0 Å². The molecule has 0 aromatic heterocycles. The minimum absolute atomic E-state index is 0.881. The molecule has 2 rings (SSSR count). The van der Waals surface area contributed by atoms with Crippen molar-refractivity contribution in [2.45, 2.75) is 45.4 Å². The molecule has 0 heterocycles. The van der Waals surface area contributed by atoms with E-state index in [1.165, 1.54) is 38.5 Å². The van der Waals surface area contributed by atoms with Crippen LogP contribution in [0.4, 0.5) is 0 Å². The van der Waals surface area contributed by atoms with Crippen molar-refractivity contribution in [3.05, 3.63) is 24.3 Å². The first-order valence-electron chi connectivity index (χ1n) is 6.25. The second kappa shape index (κ2) is 4.82. The van der Waals surface area contributed by atoms with Crippen molar-refractivity contribution in [2.24, 2.45) is 17.8 Å². The summed E-state index contributed by atoms with van der Waals surface area (Å²) in [7, 11) is 0. The molecule has 2 unspecified atom stereocenters. The van der Waals surface area contributed by atoms with E-state index in [-0.39, 0.29) is 0 Å². The van der Waals surface area contributed by atoms with Crippen LogP contribution in [0.3, 0.4) is 0 Å². The molecule has 1 fully saturated rings. The first kappa shape index (κ1) is 10.0. The minimum atomic E-state index is 0.881. The average Bonchev–Trinajstić information content (AvgIpc) is 2.60. The molecule has 2 atom stereocenters. The Morgan fingerprint density at radius 2 is 1.64 bits per heavy atom. The fourth-order valence-electron chi connectivity index (χ4n) is 2.99. The molecule has 0 saturated heterocycles. The summed E-state index contributed by atoms with van der Waals surface area (Å²) in [6.07, 6.45) is 17.9. The molecule has 0 spiro atoms. The summed E-state index contributed by atoms with van der Waals surface area (Å²) < 4.78 is 0. The van der Waals surface area contributed by atoms with Crippen LogP contribution in [0.2, 0.25) is 0 Å². The zero-order valence-electron chi connectivity index (χ0n) is 9.28. The first-order chi connectivity index (χ1) is 6.90. The molecular weight excluding hydrogens is 168 g/mol. The zero-order chi connectivity index (χ0) is 9.80. The van der Waals surface area contributed by atoms with E-state index in [0.29, 0.717) is 0 Å². The first-order valence-corrected chi connectivity index (χ1v) is 6.25. The summed E-state index contributed by atoms with van der Waals surface area (Å²) in [5.74, 6) is 2.78. The molecule has 14 heavy (non-hydrogen) atoms. The maximum atomic E-state index is 2.42. The third-order valence-electron chi connectivity index (χ3n) is 3.80. The van der Waals surface area contributed by atoms with E-state index in [0.717, 1.165) is 17.8 Å². The summed E-state index contributed by atoms with van der Waals surface area (Å²) in [4.78, 5) is 0. The number of allylic oxidation sites excluding steroid dienone is 4. The van der Waals surface area contributed by atoms with E-state index in [4.69, 9.17) is 0 Å². The van der Waals surface area contributed by atoms with Gasteiger partial charge in [0.05, 0.1) is 0 Å². The third kappa shape index (κ3) is 2.29. The van der Waals surface area contributed by atoms with Crippen molar-refractivity contribution >= 4 is 0 Å². The number of hydrogen-bond donors (Lipinski definition) is 0. The predicted molar refractivity (Wildman–Crippen MR) is 62.1 cm³/mol. The summed E-state index contributed by atoms with van der Waals surface area (Å²) in [5, 5.41) is 0. The Morgan fingerprint density at radius 1 is 1.00 bits per heavy atom. The number of hydrogen-bond acceptors (Lipinski definition) is 0. The Bertz CT molecular complexity index is 204. The Balaban J connectivity index is 1.76. The van der Waals surface area contributed by atoms with E-state index >= 15 is 0 Å². The van der Waals surface area contributed by atoms with E-state index in [2.05, 4.69) is 31.2 Å². The summed E-state index contributed by atoms with van der Waals surface area (Å²) in [5.41, 5.74) is 0. The Hall–Kier alpha value is -0.520. The summed E-state index contributed by atoms with van der Waals surface area (Å²) in [6, 6.07) is 0. The van der Waals surface area contributed by atoms with Crippen molar-refractivity contribution in [3.8, 4) is 0 Å². The molecule has 0 bridgehead atoms. The third-order valence-corrected chi connectivity index (χ3v) is 3.80. The van der Waals surface area contributed by atoms with Crippen LogP contribution in [0.15, 0.2) is 24.3 Å². The van der Waals surface area contributed by atoms with Crippen molar-refractivity contribution in [2.75, 3.05) is 0 Å². The van der Waals surface area contributed by atoms with Gasteiger partial charge in [0.25, 0.3) is 0 Å². The van der Waals surface area contributed by atoms with Crippen LogP contribution in [0.1, 0.15) is 45.4 Å². The van der Waals surface area contributed by atoms with E-state index in [9.17, 15) is 0 Å². The van der Waals surface area contributed by atoms with Crippen LogP contribution in [0.25, 0.3) is 0 Å². The second-order valence-corrected chi connectivity index (χ2v) is 4.93. The van der Waals surface area contributed by atoms with Crippen molar-refractivity contribution in [1.82, 2.24) is 0 Å². The van der Waals surface area contributed by atoms with Gasteiger partial charge in [-0.2, -0.15) is 0 Å². The lowest BCUT2D eigenvalue weighted by molar-refractivity contribution is 0.460. The van der Waals surface area contributed by atoms with Crippen LogP contribution < -0.4 is 0 Å².